The molecule has 0 saturated heterocycles. The molecule has 1 rings (SSSR count). The number of hydrogen-bond donors (Lipinski definition) is 1. The smallest absolute Gasteiger partial charge is 0.103 e. The summed E-state index contributed by atoms with van der Waals surface area (Å²) in [6.45, 7) is 9.93. The lowest BCUT2D eigenvalue weighted by atomic mass is 10.1. The van der Waals surface area contributed by atoms with Gasteiger partial charge in [-0.15, -0.1) is 0 Å². The Kier molecular flexibility index (Phi) is 6.30. The summed E-state index contributed by atoms with van der Waals surface area (Å²) in [7, 11) is 0. The predicted molar refractivity (Wildman–Crippen MR) is 82.7 cm³/mol. The molecule has 0 aliphatic carbocycles. The minimum absolute atomic E-state index is 0.474. The van der Waals surface area contributed by atoms with Gasteiger partial charge in [0.05, 0.1) is 0 Å². The van der Waals surface area contributed by atoms with Gasteiger partial charge in [-0.3, -0.25) is 4.90 Å². The SMILES string of the molecule is CCC(C)CN(CC)Cc1cccc(C(N)=S)c1. The third-order valence-electron chi connectivity index (χ3n) is 3.33. The first kappa shape index (κ1) is 15.1. The average molecular weight is 264 g/mol. The number of nitrogens with two attached hydrogens (primary N) is 1. The standard InChI is InChI=1S/C15H24N2S/c1-4-12(3)10-17(5-2)11-13-7-6-8-14(9-13)15(16)18/h6-9,12H,4-5,10-11H2,1-3H3,(H2,16,18). The largest absolute Gasteiger partial charge is 0.389 e. The molecule has 1 aromatic carbocycles. The van der Waals surface area contributed by atoms with Crippen molar-refractivity contribution in [3.05, 3.63) is 35.4 Å². The zero-order chi connectivity index (χ0) is 13.5. The lowest BCUT2D eigenvalue weighted by Gasteiger charge is -2.24. The molecule has 3 heteroatoms. The highest BCUT2D eigenvalue weighted by Gasteiger charge is 2.08. The van der Waals surface area contributed by atoms with Gasteiger partial charge < -0.3 is 5.73 Å². The van der Waals surface area contributed by atoms with Gasteiger partial charge in [-0.1, -0.05) is 57.6 Å². The Bertz CT molecular complexity index is 390. The van der Waals surface area contributed by atoms with Crippen molar-refractivity contribution >= 4 is 17.2 Å². The molecule has 0 aliphatic rings. The van der Waals surface area contributed by atoms with E-state index in [1.807, 2.05) is 12.1 Å². The van der Waals surface area contributed by atoms with E-state index < -0.39 is 0 Å². The Morgan fingerprint density at radius 1 is 1.39 bits per heavy atom. The van der Waals surface area contributed by atoms with Crippen molar-refractivity contribution in [1.29, 1.82) is 0 Å². The van der Waals surface area contributed by atoms with Crippen LogP contribution in [0.3, 0.4) is 0 Å². The van der Waals surface area contributed by atoms with Crippen LogP contribution in [0.2, 0.25) is 0 Å². The van der Waals surface area contributed by atoms with Crippen molar-refractivity contribution < 1.29 is 0 Å². The fourth-order valence-corrected chi connectivity index (χ4v) is 2.08. The Hall–Kier alpha value is -0.930. The minimum Gasteiger partial charge on any atom is -0.389 e. The number of nitrogens with zero attached hydrogens (tertiary/aromatic N) is 1. The molecule has 2 nitrogen and oxygen atoms in total. The van der Waals surface area contributed by atoms with E-state index in [9.17, 15) is 0 Å². The average Bonchev–Trinajstić information content (AvgIpc) is 2.38. The molecular weight excluding hydrogens is 240 g/mol. The second-order valence-corrected chi connectivity index (χ2v) is 5.35. The van der Waals surface area contributed by atoms with Gasteiger partial charge in [0.1, 0.15) is 4.99 Å². The molecule has 0 fully saturated rings. The van der Waals surface area contributed by atoms with Crippen LogP contribution in [0.4, 0.5) is 0 Å². The van der Waals surface area contributed by atoms with Gasteiger partial charge in [-0.25, -0.2) is 0 Å². The summed E-state index contributed by atoms with van der Waals surface area (Å²) >= 11 is 5.02. The fraction of sp³-hybridized carbons (Fsp3) is 0.533. The van der Waals surface area contributed by atoms with E-state index in [1.165, 1.54) is 12.0 Å². The van der Waals surface area contributed by atoms with Crippen molar-refractivity contribution in [3.63, 3.8) is 0 Å². The normalized spacial score (nSPS) is 12.7. The van der Waals surface area contributed by atoms with Crippen LogP contribution in [0.25, 0.3) is 0 Å². The Balaban J connectivity index is 2.69. The zero-order valence-corrected chi connectivity index (χ0v) is 12.5. The molecule has 1 aromatic rings. The highest BCUT2D eigenvalue weighted by atomic mass is 32.1. The Labute approximate surface area is 116 Å². The maximum atomic E-state index is 5.67. The summed E-state index contributed by atoms with van der Waals surface area (Å²) < 4.78 is 0. The van der Waals surface area contributed by atoms with Crippen molar-refractivity contribution in [2.24, 2.45) is 11.7 Å². The molecule has 1 atom stereocenters. The molecule has 0 bridgehead atoms. The van der Waals surface area contributed by atoms with E-state index in [-0.39, 0.29) is 0 Å². The molecule has 0 amide bonds. The van der Waals surface area contributed by atoms with Gasteiger partial charge in [0.15, 0.2) is 0 Å². The van der Waals surface area contributed by atoms with E-state index in [2.05, 4.69) is 37.8 Å². The molecule has 0 saturated carbocycles. The van der Waals surface area contributed by atoms with Crippen LogP contribution in [0, 0.1) is 5.92 Å². The first-order chi connectivity index (χ1) is 8.56. The molecule has 2 N–H and O–H groups in total. The first-order valence-electron chi connectivity index (χ1n) is 6.67. The molecule has 18 heavy (non-hydrogen) atoms. The van der Waals surface area contributed by atoms with Crippen LogP contribution in [0.1, 0.15) is 38.3 Å². The van der Waals surface area contributed by atoms with Gasteiger partial charge in [0.25, 0.3) is 0 Å². The summed E-state index contributed by atoms with van der Waals surface area (Å²) in [5.74, 6) is 0.740. The molecule has 0 radical (unpaired) electrons. The summed E-state index contributed by atoms with van der Waals surface area (Å²) in [4.78, 5) is 2.94. The van der Waals surface area contributed by atoms with Crippen LogP contribution in [0.5, 0.6) is 0 Å². The molecule has 0 heterocycles. The summed E-state index contributed by atoms with van der Waals surface area (Å²) in [6.07, 6.45) is 1.23. The van der Waals surface area contributed by atoms with Crippen LogP contribution >= 0.6 is 12.2 Å². The van der Waals surface area contributed by atoms with Gasteiger partial charge >= 0.3 is 0 Å². The monoisotopic (exact) mass is 264 g/mol. The topological polar surface area (TPSA) is 29.3 Å². The maximum absolute atomic E-state index is 5.67. The molecule has 0 aliphatic heterocycles. The molecule has 100 valence electrons. The van der Waals surface area contributed by atoms with Crippen molar-refractivity contribution in [1.82, 2.24) is 4.90 Å². The Morgan fingerprint density at radius 3 is 2.67 bits per heavy atom. The second kappa shape index (κ2) is 7.49. The van der Waals surface area contributed by atoms with Gasteiger partial charge in [-0.05, 0) is 24.1 Å². The number of hydrogen-bond acceptors (Lipinski definition) is 2. The summed E-state index contributed by atoms with van der Waals surface area (Å²) in [5, 5.41) is 0. The minimum atomic E-state index is 0.474. The predicted octanol–water partition coefficient (Wildman–Crippen LogP) is 3.19. The second-order valence-electron chi connectivity index (χ2n) is 4.91. The summed E-state index contributed by atoms with van der Waals surface area (Å²) in [6, 6.07) is 8.24. The fourth-order valence-electron chi connectivity index (χ4n) is 1.96. The lowest BCUT2D eigenvalue weighted by Crippen LogP contribution is -2.28. The Morgan fingerprint density at radius 2 is 2.11 bits per heavy atom. The maximum Gasteiger partial charge on any atom is 0.103 e. The van der Waals surface area contributed by atoms with E-state index in [1.54, 1.807) is 0 Å². The third-order valence-corrected chi connectivity index (χ3v) is 3.57. The van der Waals surface area contributed by atoms with Crippen LogP contribution in [0.15, 0.2) is 24.3 Å². The number of thiocarbonyl (C=S) groups is 1. The highest BCUT2D eigenvalue weighted by Crippen LogP contribution is 2.11. The summed E-state index contributed by atoms with van der Waals surface area (Å²) in [5.41, 5.74) is 7.91. The number of rotatable bonds is 7. The van der Waals surface area contributed by atoms with Crippen molar-refractivity contribution in [3.8, 4) is 0 Å². The quantitative estimate of drug-likeness (QED) is 0.767. The van der Waals surface area contributed by atoms with E-state index in [4.69, 9.17) is 18.0 Å². The van der Waals surface area contributed by atoms with E-state index in [0.717, 1.165) is 31.1 Å². The zero-order valence-electron chi connectivity index (χ0n) is 11.6. The molecular formula is C15H24N2S. The van der Waals surface area contributed by atoms with Gasteiger partial charge in [0.2, 0.25) is 0 Å². The van der Waals surface area contributed by atoms with Crippen LogP contribution < -0.4 is 5.73 Å². The van der Waals surface area contributed by atoms with E-state index >= 15 is 0 Å². The van der Waals surface area contributed by atoms with Gasteiger partial charge in [0, 0.05) is 18.7 Å². The van der Waals surface area contributed by atoms with Crippen LogP contribution in [-0.4, -0.2) is 23.0 Å². The van der Waals surface area contributed by atoms with Gasteiger partial charge in [-0.2, -0.15) is 0 Å². The lowest BCUT2D eigenvalue weighted by molar-refractivity contribution is 0.238. The molecule has 1 unspecified atom stereocenters. The van der Waals surface area contributed by atoms with Crippen molar-refractivity contribution in [2.45, 2.75) is 33.7 Å². The third kappa shape index (κ3) is 4.75. The molecule has 0 spiro atoms. The van der Waals surface area contributed by atoms with Crippen LogP contribution in [-0.2, 0) is 6.54 Å². The van der Waals surface area contributed by atoms with E-state index in [0.29, 0.717) is 4.99 Å². The number of benzene rings is 1. The molecule has 0 aromatic heterocycles. The first-order valence-corrected chi connectivity index (χ1v) is 7.08. The highest BCUT2D eigenvalue weighted by molar-refractivity contribution is 7.80. The van der Waals surface area contributed by atoms with Crippen molar-refractivity contribution in [2.75, 3.05) is 13.1 Å².